The molecule has 0 saturated heterocycles. The molecule has 0 saturated carbocycles. The van der Waals surface area contributed by atoms with Gasteiger partial charge in [0.2, 0.25) is 0 Å². The van der Waals surface area contributed by atoms with Crippen molar-refractivity contribution in [2.45, 2.75) is 12.6 Å². The Bertz CT molecular complexity index is 526. The third kappa shape index (κ3) is 3.94. The van der Waals surface area contributed by atoms with Crippen molar-refractivity contribution in [3.8, 4) is 0 Å². The highest BCUT2D eigenvalue weighted by Crippen LogP contribution is 2.29. The van der Waals surface area contributed by atoms with Crippen molar-refractivity contribution in [2.75, 3.05) is 11.9 Å². The van der Waals surface area contributed by atoms with Gasteiger partial charge in [0.15, 0.2) is 0 Å². The minimum Gasteiger partial charge on any atom is -0.370 e. The zero-order valence-electron chi connectivity index (χ0n) is 9.98. The van der Waals surface area contributed by atoms with Crippen LogP contribution in [0, 0.1) is 0 Å². The summed E-state index contributed by atoms with van der Waals surface area (Å²) < 4.78 is 37.5. The standard InChI is InChI=1S/C13H12F3N3/c14-13(15,16)11-4-8-19-12(9-11)18-7-3-10-1-5-17-6-2-10/h1-2,4-6,8-9H,3,7H2,(H,18,19). The molecule has 19 heavy (non-hydrogen) atoms. The van der Waals surface area contributed by atoms with Crippen molar-refractivity contribution in [1.29, 1.82) is 0 Å². The molecule has 0 atom stereocenters. The largest absolute Gasteiger partial charge is 0.416 e. The number of pyridine rings is 2. The molecule has 0 amide bonds. The first kappa shape index (κ1) is 13.3. The van der Waals surface area contributed by atoms with E-state index in [0.717, 1.165) is 23.9 Å². The Labute approximate surface area is 108 Å². The second-order valence-electron chi connectivity index (χ2n) is 3.96. The maximum Gasteiger partial charge on any atom is 0.416 e. The maximum atomic E-state index is 12.5. The van der Waals surface area contributed by atoms with E-state index in [1.807, 2.05) is 12.1 Å². The quantitative estimate of drug-likeness (QED) is 0.924. The average Bonchev–Trinajstić information content (AvgIpc) is 2.39. The Morgan fingerprint density at radius 3 is 2.47 bits per heavy atom. The van der Waals surface area contributed by atoms with Crippen molar-refractivity contribution >= 4 is 5.82 Å². The first-order chi connectivity index (χ1) is 9.05. The summed E-state index contributed by atoms with van der Waals surface area (Å²) in [4.78, 5) is 7.75. The number of halogens is 3. The number of nitrogens with zero attached hydrogens (tertiary/aromatic N) is 2. The van der Waals surface area contributed by atoms with Crippen molar-refractivity contribution in [3.63, 3.8) is 0 Å². The highest BCUT2D eigenvalue weighted by Gasteiger charge is 2.30. The summed E-state index contributed by atoms with van der Waals surface area (Å²) in [6, 6.07) is 5.68. The molecule has 2 aromatic heterocycles. The molecule has 0 aliphatic carbocycles. The van der Waals surface area contributed by atoms with E-state index in [-0.39, 0.29) is 5.82 Å². The lowest BCUT2D eigenvalue weighted by Crippen LogP contribution is -2.09. The van der Waals surface area contributed by atoms with Gasteiger partial charge in [-0.3, -0.25) is 4.98 Å². The van der Waals surface area contributed by atoms with E-state index in [4.69, 9.17) is 0 Å². The molecule has 0 aliphatic rings. The van der Waals surface area contributed by atoms with Crippen LogP contribution in [0.2, 0.25) is 0 Å². The number of anilines is 1. The minimum atomic E-state index is -4.34. The predicted molar refractivity (Wildman–Crippen MR) is 65.7 cm³/mol. The Hall–Kier alpha value is -2.11. The normalized spacial score (nSPS) is 11.3. The molecule has 2 aromatic rings. The van der Waals surface area contributed by atoms with Crippen LogP contribution in [-0.4, -0.2) is 16.5 Å². The number of nitrogens with one attached hydrogen (secondary N) is 1. The molecule has 0 aromatic carbocycles. The Morgan fingerprint density at radius 1 is 1.05 bits per heavy atom. The van der Waals surface area contributed by atoms with Gasteiger partial charge in [0.1, 0.15) is 5.82 Å². The summed E-state index contributed by atoms with van der Waals surface area (Å²) in [5, 5.41) is 2.87. The molecular weight excluding hydrogens is 255 g/mol. The van der Waals surface area contributed by atoms with E-state index in [1.165, 1.54) is 0 Å². The van der Waals surface area contributed by atoms with E-state index >= 15 is 0 Å². The van der Waals surface area contributed by atoms with Gasteiger partial charge in [-0.2, -0.15) is 13.2 Å². The number of alkyl halides is 3. The first-order valence-electron chi connectivity index (χ1n) is 5.72. The van der Waals surface area contributed by atoms with Gasteiger partial charge in [-0.25, -0.2) is 4.98 Å². The SMILES string of the molecule is FC(F)(F)c1ccnc(NCCc2ccncc2)c1. The Morgan fingerprint density at radius 2 is 1.79 bits per heavy atom. The fourth-order valence-corrected chi connectivity index (χ4v) is 1.59. The number of hydrogen-bond donors (Lipinski definition) is 1. The molecule has 0 aliphatic heterocycles. The molecule has 100 valence electrons. The molecule has 0 unspecified atom stereocenters. The van der Waals surface area contributed by atoms with Gasteiger partial charge in [-0.05, 0) is 36.2 Å². The molecule has 2 heterocycles. The number of hydrogen-bond acceptors (Lipinski definition) is 3. The molecule has 1 N–H and O–H groups in total. The predicted octanol–water partition coefficient (Wildman–Crippen LogP) is 3.15. The highest BCUT2D eigenvalue weighted by molar-refractivity contribution is 5.38. The van der Waals surface area contributed by atoms with Crippen LogP contribution in [0.1, 0.15) is 11.1 Å². The summed E-state index contributed by atoms with van der Waals surface area (Å²) >= 11 is 0. The van der Waals surface area contributed by atoms with Gasteiger partial charge in [-0.15, -0.1) is 0 Å². The molecule has 2 rings (SSSR count). The van der Waals surface area contributed by atoms with Crippen molar-refractivity contribution in [3.05, 3.63) is 54.0 Å². The van der Waals surface area contributed by atoms with Crippen molar-refractivity contribution in [2.24, 2.45) is 0 Å². The Balaban J connectivity index is 1.93. The highest BCUT2D eigenvalue weighted by atomic mass is 19.4. The average molecular weight is 267 g/mol. The smallest absolute Gasteiger partial charge is 0.370 e. The lowest BCUT2D eigenvalue weighted by atomic mass is 10.2. The van der Waals surface area contributed by atoms with Gasteiger partial charge in [0, 0.05) is 25.1 Å². The monoisotopic (exact) mass is 267 g/mol. The van der Waals surface area contributed by atoms with E-state index in [1.54, 1.807) is 12.4 Å². The summed E-state index contributed by atoms with van der Waals surface area (Å²) in [6.45, 7) is 0.512. The Kier molecular flexibility index (Phi) is 3.99. The lowest BCUT2D eigenvalue weighted by Gasteiger charge is -2.09. The van der Waals surface area contributed by atoms with E-state index in [2.05, 4.69) is 15.3 Å². The van der Waals surface area contributed by atoms with Gasteiger partial charge < -0.3 is 5.32 Å². The van der Waals surface area contributed by atoms with Crippen molar-refractivity contribution < 1.29 is 13.2 Å². The summed E-state index contributed by atoms with van der Waals surface area (Å²) in [5.41, 5.74) is 0.364. The van der Waals surface area contributed by atoms with Crippen LogP contribution >= 0.6 is 0 Å². The molecule has 3 nitrogen and oxygen atoms in total. The second kappa shape index (κ2) is 5.69. The first-order valence-corrected chi connectivity index (χ1v) is 5.72. The molecule has 0 spiro atoms. The van der Waals surface area contributed by atoms with E-state index < -0.39 is 11.7 Å². The molecule has 0 radical (unpaired) electrons. The molecule has 6 heteroatoms. The van der Waals surface area contributed by atoms with Crippen LogP contribution in [0.3, 0.4) is 0 Å². The molecular formula is C13H12F3N3. The number of aromatic nitrogens is 2. The summed E-state index contributed by atoms with van der Waals surface area (Å²) in [5.74, 6) is 0.226. The van der Waals surface area contributed by atoms with Crippen LogP contribution in [0.15, 0.2) is 42.9 Å². The lowest BCUT2D eigenvalue weighted by molar-refractivity contribution is -0.137. The van der Waals surface area contributed by atoms with Crippen LogP contribution in [0.25, 0.3) is 0 Å². The zero-order chi connectivity index (χ0) is 13.7. The number of rotatable bonds is 4. The minimum absolute atomic E-state index is 0.226. The van der Waals surface area contributed by atoms with Gasteiger partial charge >= 0.3 is 6.18 Å². The van der Waals surface area contributed by atoms with Gasteiger partial charge in [0.25, 0.3) is 0 Å². The second-order valence-corrected chi connectivity index (χ2v) is 3.96. The summed E-state index contributed by atoms with van der Waals surface area (Å²) in [7, 11) is 0. The summed E-state index contributed by atoms with van der Waals surface area (Å²) in [6.07, 6.45) is 0.859. The molecule has 0 bridgehead atoms. The van der Waals surface area contributed by atoms with Crippen LogP contribution in [0.5, 0.6) is 0 Å². The fourth-order valence-electron chi connectivity index (χ4n) is 1.59. The van der Waals surface area contributed by atoms with Crippen LogP contribution in [0.4, 0.5) is 19.0 Å². The third-order valence-corrected chi connectivity index (χ3v) is 2.56. The third-order valence-electron chi connectivity index (χ3n) is 2.56. The molecule has 0 fully saturated rings. The van der Waals surface area contributed by atoms with E-state index in [0.29, 0.717) is 13.0 Å². The topological polar surface area (TPSA) is 37.8 Å². The van der Waals surface area contributed by atoms with Gasteiger partial charge in [-0.1, -0.05) is 0 Å². The van der Waals surface area contributed by atoms with Crippen LogP contribution < -0.4 is 5.32 Å². The maximum absolute atomic E-state index is 12.5. The van der Waals surface area contributed by atoms with Crippen LogP contribution in [-0.2, 0) is 12.6 Å². The van der Waals surface area contributed by atoms with Gasteiger partial charge in [0.05, 0.1) is 5.56 Å². The van der Waals surface area contributed by atoms with Crippen molar-refractivity contribution in [1.82, 2.24) is 9.97 Å². The fraction of sp³-hybridized carbons (Fsp3) is 0.231. The van der Waals surface area contributed by atoms with E-state index in [9.17, 15) is 13.2 Å². The zero-order valence-corrected chi connectivity index (χ0v) is 9.98.